The van der Waals surface area contributed by atoms with Gasteiger partial charge >= 0.3 is 5.97 Å². The van der Waals surface area contributed by atoms with Crippen molar-refractivity contribution in [2.24, 2.45) is 0 Å². The number of amides is 1. The molecular weight excluding hydrogens is 395 g/mol. The van der Waals surface area contributed by atoms with Crippen molar-refractivity contribution in [3.05, 3.63) is 64.6 Å². The molecule has 0 atom stereocenters. The molecule has 0 aliphatic carbocycles. The van der Waals surface area contributed by atoms with E-state index in [9.17, 15) is 19.1 Å². The maximum Gasteiger partial charge on any atom is 0.322 e. The summed E-state index contributed by atoms with van der Waals surface area (Å²) in [6, 6.07) is 9.98. The van der Waals surface area contributed by atoms with Crippen molar-refractivity contribution in [3.63, 3.8) is 0 Å². The van der Waals surface area contributed by atoms with Crippen LogP contribution in [0.1, 0.15) is 22.4 Å². The molecule has 3 aromatic rings. The van der Waals surface area contributed by atoms with E-state index in [2.05, 4.69) is 5.32 Å². The van der Waals surface area contributed by atoms with E-state index in [1.165, 1.54) is 12.1 Å². The Hall–Kier alpha value is -3.26. The fraction of sp³-hybridized carbons (Fsp3) is 0.190. The number of carboxylic acid groups (broad SMARTS) is 1. The Bertz CT molecular complexity index is 1140. The molecule has 1 heterocycles. The fourth-order valence-electron chi connectivity index (χ4n) is 3.20. The summed E-state index contributed by atoms with van der Waals surface area (Å²) in [4.78, 5) is 23.3. The highest BCUT2D eigenvalue weighted by atomic mass is 32.1. The van der Waals surface area contributed by atoms with Crippen LogP contribution >= 0.6 is 12.2 Å². The number of nitrogens with one attached hydrogen (secondary N) is 1. The number of hydrogen-bond donors (Lipinski definition) is 3. The summed E-state index contributed by atoms with van der Waals surface area (Å²) in [6.45, 7) is 3.20. The maximum atomic E-state index is 14.1. The average Bonchev–Trinajstić information content (AvgIpc) is 2.91. The highest BCUT2D eigenvalue weighted by molar-refractivity contribution is 7.80. The minimum Gasteiger partial charge on any atom is -0.505 e. The van der Waals surface area contributed by atoms with Crippen molar-refractivity contribution in [1.82, 2.24) is 9.88 Å². The molecule has 3 rings (SSSR count). The van der Waals surface area contributed by atoms with Gasteiger partial charge in [0.25, 0.3) is 0 Å². The number of halogens is 1. The number of carboxylic acids is 1. The molecule has 2 aromatic carbocycles. The summed E-state index contributed by atoms with van der Waals surface area (Å²) in [5.41, 5.74) is 3.39. The summed E-state index contributed by atoms with van der Waals surface area (Å²) in [6.07, 6.45) is -0.135. The van der Waals surface area contributed by atoms with E-state index in [0.717, 1.165) is 11.1 Å². The van der Waals surface area contributed by atoms with Gasteiger partial charge in [-0.3, -0.25) is 9.59 Å². The first-order valence-corrected chi connectivity index (χ1v) is 9.22. The second-order valence-corrected chi connectivity index (χ2v) is 7.13. The summed E-state index contributed by atoms with van der Waals surface area (Å²) in [5.74, 6) is -3.00. The Kier molecular flexibility index (Phi) is 5.65. The number of nitrogens with zero attached hydrogens (tertiary/aromatic N) is 1. The van der Waals surface area contributed by atoms with Crippen molar-refractivity contribution in [2.75, 3.05) is 6.54 Å². The molecule has 150 valence electrons. The molecule has 0 aliphatic heterocycles. The minimum absolute atomic E-state index is 0.135. The lowest BCUT2D eigenvalue weighted by molar-refractivity contribution is -0.137. The van der Waals surface area contributed by atoms with E-state index < -0.39 is 30.0 Å². The first-order chi connectivity index (χ1) is 13.7. The molecule has 0 saturated heterocycles. The summed E-state index contributed by atoms with van der Waals surface area (Å²) < 4.78 is 15.8. The van der Waals surface area contributed by atoms with E-state index in [-0.39, 0.29) is 6.42 Å². The molecule has 3 N–H and O–H groups in total. The van der Waals surface area contributed by atoms with Gasteiger partial charge in [-0.2, -0.15) is 0 Å². The summed E-state index contributed by atoms with van der Waals surface area (Å²) >= 11 is 5.63. The number of thiocarbonyl (C=S) groups is 1. The number of hydrogen-bond acceptors (Lipinski definition) is 4. The third kappa shape index (κ3) is 4.12. The average molecular weight is 414 g/mol. The molecule has 0 aliphatic rings. The Balaban J connectivity index is 2.12. The zero-order chi connectivity index (χ0) is 21.3. The molecule has 0 fully saturated rings. The zero-order valence-electron chi connectivity index (χ0n) is 15.8. The number of aromatic nitrogens is 1. The van der Waals surface area contributed by atoms with Crippen molar-refractivity contribution < 1.29 is 24.2 Å². The third-order valence-electron chi connectivity index (χ3n) is 4.68. The molecule has 0 bridgehead atoms. The number of phenols is 1. The Morgan fingerprint density at radius 2 is 1.83 bits per heavy atom. The molecule has 0 unspecified atom stereocenters. The molecule has 29 heavy (non-hydrogen) atoms. The first kappa shape index (κ1) is 20.5. The highest BCUT2D eigenvalue weighted by Crippen LogP contribution is 2.32. The van der Waals surface area contributed by atoms with Gasteiger partial charge in [0.05, 0.1) is 11.9 Å². The number of aliphatic carboxylic acids is 1. The van der Waals surface area contributed by atoms with Gasteiger partial charge < -0.3 is 20.1 Å². The monoisotopic (exact) mass is 414 g/mol. The van der Waals surface area contributed by atoms with Crippen molar-refractivity contribution in [2.45, 2.75) is 20.3 Å². The summed E-state index contributed by atoms with van der Waals surface area (Å²) in [5, 5.41) is 21.4. The quantitative estimate of drug-likeness (QED) is 0.558. The van der Waals surface area contributed by atoms with Gasteiger partial charge in [0.15, 0.2) is 11.6 Å². The lowest BCUT2D eigenvalue weighted by atomic mass is 10.1. The first-order valence-electron chi connectivity index (χ1n) is 8.81. The largest absolute Gasteiger partial charge is 0.505 e. The standard InChI is InChI=1S/C21H19FN2O4S/c1-11-3-5-13(6-4-11)21(29)24-12(2)14(8-19(26)23-10-20(27)28)15-7-18(25)16(22)9-17(15)24/h3-7,9,25H,8,10H2,1-2H3,(H,23,26)(H,27,28). The van der Waals surface area contributed by atoms with E-state index in [4.69, 9.17) is 17.3 Å². The van der Waals surface area contributed by atoms with Gasteiger partial charge in [-0.05, 0) is 25.5 Å². The lowest BCUT2D eigenvalue weighted by Crippen LogP contribution is -2.30. The lowest BCUT2D eigenvalue weighted by Gasteiger charge is -2.11. The summed E-state index contributed by atoms with van der Waals surface area (Å²) in [7, 11) is 0. The Morgan fingerprint density at radius 1 is 1.17 bits per heavy atom. The van der Waals surface area contributed by atoms with Crippen LogP contribution in [0.5, 0.6) is 5.75 Å². The molecule has 0 saturated carbocycles. The van der Waals surface area contributed by atoms with Crippen LogP contribution in [0.25, 0.3) is 10.9 Å². The van der Waals surface area contributed by atoms with Gasteiger partial charge in [0.1, 0.15) is 11.5 Å². The Labute approximate surface area is 171 Å². The van der Waals surface area contributed by atoms with Crippen LogP contribution in [0.4, 0.5) is 4.39 Å². The van der Waals surface area contributed by atoms with Crippen LogP contribution < -0.4 is 5.32 Å². The maximum absolute atomic E-state index is 14.1. The van der Waals surface area contributed by atoms with Crippen LogP contribution in [0.2, 0.25) is 0 Å². The van der Waals surface area contributed by atoms with Crippen LogP contribution in [0.3, 0.4) is 0 Å². The second kappa shape index (κ2) is 8.00. The molecule has 0 radical (unpaired) electrons. The predicted molar refractivity (Wildman–Crippen MR) is 111 cm³/mol. The number of benzene rings is 2. The second-order valence-electron chi connectivity index (χ2n) is 6.74. The SMILES string of the molecule is Cc1ccc(C(=S)n2c(C)c(CC(=O)NCC(=O)O)c3cc(O)c(F)cc32)cc1. The van der Waals surface area contributed by atoms with Crippen molar-refractivity contribution in [1.29, 1.82) is 0 Å². The molecule has 6 nitrogen and oxygen atoms in total. The van der Waals surface area contributed by atoms with Crippen LogP contribution in [-0.4, -0.2) is 38.2 Å². The van der Waals surface area contributed by atoms with Crippen LogP contribution in [0.15, 0.2) is 36.4 Å². The van der Waals surface area contributed by atoms with Gasteiger partial charge in [-0.25, -0.2) is 4.39 Å². The number of rotatable bonds is 5. The Morgan fingerprint density at radius 3 is 2.45 bits per heavy atom. The number of carbonyl (C=O) groups is 2. The molecule has 8 heteroatoms. The van der Waals surface area contributed by atoms with Gasteiger partial charge in [-0.15, -0.1) is 0 Å². The number of aryl methyl sites for hydroxylation is 1. The molecule has 0 spiro atoms. The molecular formula is C21H19FN2O4S. The van der Waals surface area contributed by atoms with Crippen molar-refractivity contribution >= 4 is 40.0 Å². The molecule has 1 aromatic heterocycles. The van der Waals surface area contributed by atoms with E-state index in [1.54, 1.807) is 11.5 Å². The predicted octanol–water partition coefficient (Wildman–Crippen LogP) is 3.07. The number of fused-ring (bicyclic) bond motifs is 1. The highest BCUT2D eigenvalue weighted by Gasteiger charge is 2.21. The molecule has 1 amide bonds. The number of phenolic OH excluding ortho intramolecular Hbond substituents is 1. The van der Waals surface area contributed by atoms with Gasteiger partial charge in [0, 0.05) is 22.7 Å². The minimum atomic E-state index is -1.15. The normalized spacial score (nSPS) is 10.9. The van der Waals surface area contributed by atoms with Crippen LogP contribution in [-0.2, 0) is 16.0 Å². The zero-order valence-corrected chi connectivity index (χ0v) is 16.6. The van der Waals surface area contributed by atoms with E-state index in [1.807, 2.05) is 31.2 Å². The van der Waals surface area contributed by atoms with Gasteiger partial charge in [-0.1, -0.05) is 42.0 Å². The fourth-order valence-corrected chi connectivity index (χ4v) is 3.57. The van der Waals surface area contributed by atoms with Gasteiger partial charge in [0.2, 0.25) is 5.91 Å². The number of aromatic hydroxyl groups is 1. The topological polar surface area (TPSA) is 91.6 Å². The van der Waals surface area contributed by atoms with Crippen molar-refractivity contribution in [3.8, 4) is 5.75 Å². The van der Waals surface area contributed by atoms with E-state index in [0.29, 0.717) is 27.1 Å². The van der Waals surface area contributed by atoms with Crippen LogP contribution in [0, 0.1) is 19.7 Å². The number of carbonyl (C=O) groups excluding carboxylic acids is 1. The third-order valence-corrected chi connectivity index (χ3v) is 5.10. The van der Waals surface area contributed by atoms with E-state index >= 15 is 0 Å². The smallest absolute Gasteiger partial charge is 0.322 e.